The fourth-order valence-corrected chi connectivity index (χ4v) is 3.46. The molecule has 2 heterocycles. The molecule has 0 radical (unpaired) electrons. The van der Waals surface area contributed by atoms with E-state index in [4.69, 9.17) is 0 Å². The van der Waals surface area contributed by atoms with Crippen LogP contribution in [0.3, 0.4) is 0 Å². The molecule has 0 bridgehead atoms. The van der Waals surface area contributed by atoms with E-state index in [-0.39, 0.29) is 0 Å². The smallest absolute Gasteiger partial charge is 0.0330 e. The number of hydrogen-bond acceptors (Lipinski definition) is 3. The zero-order chi connectivity index (χ0) is 12.1. The molecule has 1 aromatic heterocycles. The molecule has 1 N–H and O–H groups in total. The molecular formula is C14H24N2S. The molecule has 1 aromatic rings. The lowest BCUT2D eigenvalue weighted by atomic mass is 10.0. The fraction of sp³-hybridized carbons (Fsp3) is 0.714. The number of nitrogens with one attached hydrogen (secondary N) is 1. The predicted molar refractivity (Wildman–Crippen MR) is 75.4 cm³/mol. The van der Waals surface area contributed by atoms with E-state index in [2.05, 4.69) is 36.2 Å². The molecule has 3 heteroatoms. The average molecular weight is 252 g/mol. The van der Waals surface area contributed by atoms with Crippen molar-refractivity contribution in [3.63, 3.8) is 0 Å². The zero-order valence-electron chi connectivity index (χ0n) is 11.0. The van der Waals surface area contributed by atoms with Gasteiger partial charge in [0.2, 0.25) is 0 Å². The minimum Gasteiger partial charge on any atom is -0.312 e. The van der Waals surface area contributed by atoms with Gasteiger partial charge in [-0.1, -0.05) is 13.3 Å². The van der Waals surface area contributed by atoms with Crippen LogP contribution in [0.1, 0.15) is 42.9 Å². The van der Waals surface area contributed by atoms with Gasteiger partial charge in [0, 0.05) is 28.9 Å². The molecule has 1 saturated heterocycles. The van der Waals surface area contributed by atoms with Gasteiger partial charge in [0.15, 0.2) is 0 Å². The summed E-state index contributed by atoms with van der Waals surface area (Å²) in [4.78, 5) is 5.62. The molecule has 0 aromatic carbocycles. The first-order valence-electron chi connectivity index (χ1n) is 6.82. The highest BCUT2D eigenvalue weighted by molar-refractivity contribution is 7.11. The highest BCUT2D eigenvalue weighted by atomic mass is 32.1. The molecule has 0 aliphatic carbocycles. The Morgan fingerprint density at radius 2 is 2.18 bits per heavy atom. The van der Waals surface area contributed by atoms with E-state index in [9.17, 15) is 0 Å². The quantitative estimate of drug-likeness (QED) is 0.865. The predicted octanol–water partition coefficient (Wildman–Crippen LogP) is 3.23. The van der Waals surface area contributed by atoms with Crippen LogP contribution < -0.4 is 5.32 Å². The van der Waals surface area contributed by atoms with E-state index >= 15 is 0 Å². The summed E-state index contributed by atoms with van der Waals surface area (Å²) in [5.74, 6) is 0. The number of piperidine rings is 1. The lowest BCUT2D eigenvalue weighted by Crippen LogP contribution is -2.36. The molecule has 1 atom stereocenters. The van der Waals surface area contributed by atoms with Gasteiger partial charge in [0.05, 0.1) is 0 Å². The Bertz CT molecular complexity index is 335. The lowest BCUT2D eigenvalue weighted by Gasteiger charge is -2.32. The summed E-state index contributed by atoms with van der Waals surface area (Å²) in [6, 6.07) is 5.35. The van der Waals surface area contributed by atoms with Gasteiger partial charge < -0.3 is 5.32 Å². The first-order valence-corrected chi connectivity index (χ1v) is 7.63. The van der Waals surface area contributed by atoms with Crippen LogP contribution >= 0.6 is 11.3 Å². The number of hydrogen-bond donors (Lipinski definition) is 1. The van der Waals surface area contributed by atoms with E-state index in [1.165, 1.54) is 35.6 Å². The Morgan fingerprint density at radius 1 is 1.35 bits per heavy atom. The van der Waals surface area contributed by atoms with Crippen molar-refractivity contribution in [1.82, 2.24) is 10.2 Å². The molecule has 1 aliphatic rings. The maximum absolute atomic E-state index is 3.39. The molecule has 17 heavy (non-hydrogen) atoms. The Labute approximate surface area is 109 Å². The van der Waals surface area contributed by atoms with E-state index in [0.29, 0.717) is 0 Å². The van der Waals surface area contributed by atoms with Gasteiger partial charge in [0.1, 0.15) is 0 Å². The Kier molecular flexibility index (Phi) is 5.01. The van der Waals surface area contributed by atoms with Gasteiger partial charge in [0.25, 0.3) is 0 Å². The van der Waals surface area contributed by atoms with Crippen molar-refractivity contribution in [2.45, 2.75) is 52.2 Å². The third-order valence-corrected chi connectivity index (χ3v) is 4.64. The van der Waals surface area contributed by atoms with Crippen molar-refractivity contribution >= 4 is 11.3 Å². The van der Waals surface area contributed by atoms with Crippen molar-refractivity contribution in [1.29, 1.82) is 0 Å². The summed E-state index contributed by atoms with van der Waals surface area (Å²) in [7, 11) is 0. The minimum atomic E-state index is 0.767. The van der Waals surface area contributed by atoms with Crippen molar-refractivity contribution in [2.75, 3.05) is 13.1 Å². The maximum Gasteiger partial charge on any atom is 0.0330 e. The number of rotatable bonds is 5. The summed E-state index contributed by atoms with van der Waals surface area (Å²) in [6.07, 6.45) is 4.16. The van der Waals surface area contributed by atoms with E-state index in [0.717, 1.165) is 25.7 Å². The average Bonchev–Trinajstić information content (AvgIpc) is 2.77. The second-order valence-electron chi connectivity index (χ2n) is 4.96. The number of likely N-dealkylation sites (tertiary alicyclic amines) is 1. The van der Waals surface area contributed by atoms with Crippen molar-refractivity contribution < 1.29 is 0 Å². The topological polar surface area (TPSA) is 15.3 Å². The molecule has 0 amide bonds. The van der Waals surface area contributed by atoms with Gasteiger partial charge in [-0.3, -0.25) is 4.90 Å². The third kappa shape index (κ3) is 3.80. The van der Waals surface area contributed by atoms with Gasteiger partial charge in [-0.25, -0.2) is 0 Å². The highest BCUT2D eigenvalue weighted by Crippen LogP contribution is 2.23. The van der Waals surface area contributed by atoms with Gasteiger partial charge in [-0.2, -0.15) is 0 Å². The van der Waals surface area contributed by atoms with Crippen molar-refractivity contribution in [3.05, 3.63) is 21.9 Å². The lowest BCUT2D eigenvalue weighted by molar-refractivity contribution is 0.154. The molecule has 0 spiro atoms. The fourth-order valence-electron chi connectivity index (χ4n) is 2.44. The number of thiophene rings is 1. The van der Waals surface area contributed by atoms with Crippen LogP contribution in [0, 0.1) is 0 Å². The molecule has 1 fully saturated rings. The first kappa shape index (κ1) is 13.1. The second-order valence-corrected chi connectivity index (χ2v) is 6.22. The monoisotopic (exact) mass is 252 g/mol. The molecule has 2 nitrogen and oxygen atoms in total. The Hall–Kier alpha value is -0.380. The summed E-state index contributed by atoms with van der Waals surface area (Å²) in [5.41, 5.74) is 0. The van der Waals surface area contributed by atoms with E-state index in [1.807, 2.05) is 11.3 Å². The molecule has 1 aliphatic heterocycles. The minimum absolute atomic E-state index is 0.767. The normalized spacial score (nSPS) is 21.9. The van der Waals surface area contributed by atoms with Crippen LogP contribution in [0.25, 0.3) is 0 Å². The van der Waals surface area contributed by atoms with Crippen molar-refractivity contribution in [2.24, 2.45) is 0 Å². The zero-order valence-corrected chi connectivity index (χ0v) is 11.9. The van der Waals surface area contributed by atoms with Crippen molar-refractivity contribution in [3.8, 4) is 0 Å². The van der Waals surface area contributed by atoms with Crippen LogP contribution in [0.4, 0.5) is 0 Å². The van der Waals surface area contributed by atoms with Crippen LogP contribution in [0.5, 0.6) is 0 Å². The number of nitrogens with zero attached hydrogens (tertiary/aromatic N) is 1. The van der Waals surface area contributed by atoms with Crippen LogP contribution in [0.15, 0.2) is 12.1 Å². The van der Waals surface area contributed by atoms with E-state index < -0.39 is 0 Å². The molecule has 0 saturated carbocycles. The van der Waals surface area contributed by atoms with E-state index in [1.54, 1.807) is 0 Å². The molecule has 1 unspecified atom stereocenters. The van der Waals surface area contributed by atoms with Gasteiger partial charge in [-0.15, -0.1) is 11.3 Å². The van der Waals surface area contributed by atoms with Crippen LogP contribution in [-0.4, -0.2) is 24.0 Å². The summed E-state index contributed by atoms with van der Waals surface area (Å²) in [6.45, 7) is 9.03. The standard InChI is InChI=1S/C14H24N2S/c1-3-15-10-13-7-8-14(17-13)11-16-9-5-4-6-12(16)2/h7-8,12,15H,3-6,9-11H2,1-2H3. The Balaban J connectivity index is 1.87. The summed E-state index contributed by atoms with van der Waals surface area (Å²) >= 11 is 1.96. The second kappa shape index (κ2) is 6.53. The van der Waals surface area contributed by atoms with Gasteiger partial charge in [-0.05, 0) is 45.0 Å². The largest absolute Gasteiger partial charge is 0.312 e. The molecule has 96 valence electrons. The first-order chi connectivity index (χ1) is 8.29. The summed E-state index contributed by atoms with van der Waals surface area (Å²) < 4.78 is 0. The summed E-state index contributed by atoms with van der Waals surface area (Å²) in [5, 5.41) is 3.39. The maximum atomic E-state index is 3.39. The van der Waals surface area contributed by atoms with Gasteiger partial charge >= 0.3 is 0 Å². The third-order valence-electron chi connectivity index (χ3n) is 3.57. The Morgan fingerprint density at radius 3 is 2.94 bits per heavy atom. The molecular weight excluding hydrogens is 228 g/mol. The SMILES string of the molecule is CCNCc1ccc(CN2CCCCC2C)s1. The molecule has 2 rings (SSSR count). The highest BCUT2D eigenvalue weighted by Gasteiger charge is 2.18. The van der Waals surface area contributed by atoms with Crippen LogP contribution in [0.2, 0.25) is 0 Å². The van der Waals surface area contributed by atoms with Crippen LogP contribution in [-0.2, 0) is 13.1 Å².